The van der Waals surface area contributed by atoms with Gasteiger partial charge >= 0.3 is 0 Å². The number of likely N-dealkylation sites (tertiary alicyclic amines) is 1. The molecule has 0 radical (unpaired) electrons. The van der Waals surface area contributed by atoms with E-state index in [9.17, 15) is 4.79 Å². The van der Waals surface area contributed by atoms with Crippen molar-refractivity contribution < 1.29 is 4.79 Å². The van der Waals surface area contributed by atoms with E-state index >= 15 is 0 Å². The second-order valence-corrected chi connectivity index (χ2v) is 5.08. The predicted molar refractivity (Wildman–Crippen MR) is 67.4 cm³/mol. The molecule has 0 bridgehead atoms. The molecule has 0 aromatic rings. The van der Waals surface area contributed by atoms with Gasteiger partial charge in [0.1, 0.15) is 0 Å². The van der Waals surface area contributed by atoms with Crippen molar-refractivity contribution in [3.05, 3.63) is 0 Å². The summed E-state index contributed by atoms with van der Waals surface area (Å²) >= 11 is 0. The van der Waals surface area contributed by atoms with Crippen LogP contribution in [0.1, 0.15) is 46.5 Å². The van der Waals surface area contributed by atoms with Gasteiger partial charge in [-0.05, 0) is 38.6 Å². The van der Waals surface area contributed by atoms with Crippen molar-refractivity contribution in [1.29, 1.82) is 0 Å². The summed E-state index contributed by atoms with van der Waals surface area (Å²) in [5, 5.41) is 3.29. The van der Waals surface area contributed by atoms with E-state index in [1.807, 2.05) is 0 Å². The third-order valence-electron chi connectivity index (χ3n) is 3.40. The summed E-state index contributed by atoms with van der Waals surface area (Å²) in [6.07, 6.45) is 4.25. The van der Waals surface area contributed by atoms with E-state index in [0.29, 0.717) is 18.4 Å². The molecule has 0 aromatic heterocycles. The number of carbonyl (C=O) groups is 1. The van der Waals surface area contributed by atoms with Gasteiger partial charge in [0, 0.05) is 25.6 Å². The molecule has 3 heteroatoms. The number of rotatable bonds is 4. The molecule has 1 saturated heterocycles. The lowest BCUT2D eigenvalue weighted by Crippen LogP contribution is -2.37. The van der Waals surface area contributed by atoms with E-state index in [4.69, 9.17) is 0 Å². The molecular formula is C13H26N2O. The SMILES string of the molecule is CCNC(C)CC(=O)N1CCCC(C)CC1. The molecule has 2 atom stereocenters. The maximum atomic E-state index is 12.0. The average Bonchev–Trinajstić information content (AvgIpc) is 2.43. The van der Waals surface area contributed by atoms with Crippen molar-refractivity contribution in [2.24, 2.45) is 5.92 Å². The Kier molecular flexibility index (Phi) is 5.81. The summed E-state index contributed by atoms with van der Waals surface area (Å²) < 4.78 is 0. The molecule has 1 rings (SSSR count). The Morgan fingerprint density at radius 3 is 2.88 bits per heavy atom. The smallest absolute Gasteiger partial charge is 0.224 e. The zero-order valence-electron chi connectivity index (χ0n) is 11.0. The van der Waals surface area contributed by atoms with Crippen LogP contribution in [0.25, 0.3) is 0 Å². The molecule has 1 heterocycles. The number of hydrogen-bond donors (Lipinski definition) is 1. The fourth-order valence-corrected chi connectivity index (χ4v) is 2.32. The molecule has 0 spiro atoms. The maximum absolute atomic E-state index is 12.0. The number of hydrogen-bond acceptors (Lipinski definition) is 2. The molecule has 1 fully saturated rings. The number of nitrogens with one attached hydrogen (secondary N) is 1. The number of nitrogens with zero attached hydrogens (tertiary/aromatic N) is 1. The molecule has 1 aliphatic rings. The van der Waals surface area contributed by atoms with Crippen molar-refractivity contribution in [2.75, 3.05) is 19.6 Å². The van der Waals surface area contributed by atoms with Crippen LogP contribution >= 0.6 is 0 Å². The second kappa shape index (κ2) is 6.89. The van der Waals surface area contributed by atoms with E-state index in [0.717, 1.165) is 25.6 Å². The van der Waals surface area contributed by atoms with Crippen LogP contribution < -0.4 is 5.32 Å². The molecule has 94 valence electrons. The van der Waals surface area contributed by atoms with Crippen LogP contribution in [-0.2, 0) is 4.79 Å². The van der Waals surface area contributed by atoms with E-state index in [2.05, 4.69) is 31.0 Å². The molecular weight excluding hydrogens is 200 g/mol. The lowest BCUT2D eigenvalue weighted by Gasteiger charge is -2.22. The van der Waals surface area contributed by atoms with Crippen molar-refractivity contribution in [2.45, 2.75) is 52.5 Å². The molecule has 1 amide bonds. The molecule has 3 nitrogen and oxygen atoms in total. The van der Waals surface area contributed by atoms with Crippen LogP contribution in [0.4, 0.5) is 0 Å². The van der Waals surface area contributed by atoms with Crippen LogP contribution in [0.5, 0.6) is 0 Å². The Morgan fingerprint density at radius 1 is 1.44 bits per heavy atom. The number of amides is 1. The van der Waals surface area contributed by atoms with Crippen LogP contribution in [0, 0.1) is 5.92 Å². The zero-order valence-corrected chi connectivity index (χ0v) is 11.0. The summed E-state index contributed by atoms with van der Waals surface area (Å²) in [5.41, 5.74) is 0. The highest BCUT2D eigenvalue weighted by molar-refractivity contribution is 5.76. The highest BCUT2D eigenvalue weighted by atomic mass is 16.2. The lowest BCUT2D eigenvalue weighted by atomic mass is 10.0. The van der Waals surface area contributed by atoms with Crippen molar-refractivity contribution in [3.63, 3.8) is 0 Å². The van der Waals surface area contributed by atoms with Gasteiger partial charge in [-0.15, -0.1) is 0 Å². The van der Waals surface area contributed by atoms with Crippen molar-refractivity contribution in [3.8, 4) is 0 Å². The molecule has 2 unspecified atom stereocenters. The van der Waals surface area contributed by atoms with Crippen LogP contribution in [0.3, 0.4) is 0 Å². The molecule has 1 N–H and O–H groups in total. The Bertz CT molecular complexity index is 218. The standard InChI is InChI=1S/C13H26N2O/c1-4-14-12(3)10-13(16)15-8-5-6-11(2)7-9-15/h11-12,14H,4-10H2,1-3H3. The highest BCUT2D eigenvalue weighted by Crippen LogP contribution is 2.17. The number of carbonyl (C=O) groups excluding carboxylic acids is 1. The first-order valence-corrected chi connectivity index (χ1v) is 6.64. The van der Waals surface area contributed by atoms with Gasteiger partial charge in [0.15, 0.2) is 0 Å². The van der Waals surface area contributed by atoms with Crippen LogP contribution in [0.2, 0.25) is 0 Å². The molecule has 16 heavy (non-hydrogen) atoms. The lowest BCUT2D eigenvalue weighted by molar-refractivity contribution is -0.131. The van der Waals surface area contributed by atoms with Crippen molar-refractivity contribution >= 4 is 5.91 Å². The summed E-state index contributed by atoms with van der Waals surface area (Å²) in [5.74, 6) is 1.10. The summed E-state index contributed by atoms with van der Waals surface area (Å²) in [4.78, 5) is 14.1. The fourth-order valence-electron chi connectivity index (χ4n) is 2.32. The molecule has 1 aliphatic heterocycles. The highest BCUT2D eigenvalue weighted by Gasteiger charge is 2.19. The topological polar surface area (TPSA) is 32.3 Å². The van der Waals surface area contributed by atoms with Gasteiger partial charge < -0.3 is 10.2 Å². The first-order chi connectivity index (χ1) is 7.63. The minimum Gasteiger partial charge on any atom is -0.343 e. The minimum atomic E-state index is 0.304. The molecule has 0 aromatic carbocycles. The quantitative estimate of drug-likeness (QED) is 0.795. The van der Waals surface area contributed by atoms with Crippen molar-refractivity contribution in [1.82, 2.24) is 10.2 Å². The van der Waals surface area contributed by atoms with Gasteiger partial charge in [-0.2, -0.15) is 0 Å². The summed E-state index contributed by atoms with van der Waals surface area (Å²) in [6.45, 7) is 9.30. The Labute approximate surface area is 99.6 Å². The van der Waals surface area contributed by atoms with Crippen LogP contribution in [-0.4, -0.2) is 36.5 Å². The van der Waals surface area contributed by atoms with Crippen LogP contribution in [0.15, 0.2) is 0 Å². The minimum absolute atomic E-state index is 0.304. The van der Waals surface area contributed by atoms with Gasteiger partial charge in [0.25, 0.3) is 0 Å². The van der Waals surface area contributed by atoms with E-state index in [1.54, 1.807) is 0 Å². The van der Waals surface area contributed by atoms with Gasteiger partial charge in [0.2, 0.25) is 5.91 Å². The maximum Gasteiger partial charge on any atom is 0.224 e. The second-order valence-electron chi connectivity index (χ2n) is 5.08. The monoisotopic (exact) mass is 226 g/mol. The Morgan fingerprint density at radius 2 is 2.19 bits per heavy atom. The van der Waals surface area contributed by atoms with Gasteiger partial charge in [-0.3, -0.25) is 4.79 Å². The first-order valence-electron chi connectivity index (χ1n) is 6.64. The largest absolute Gasteiger partial charge is 0.343 e. The predicted octanol–water partition coefficient (Wildman–Crippen LogP) is 2.02. The zero-order chi connectivity index (χ0) is 12.0. The summed E-state index contributed by atoms with van der Waals surface area (Å²) in [6, 6.07) is 0.304. The first kappa shape index (κ1) is 13.5. The third kappa shape index (κ3) is 4.52. The van der Waals surface area contributed by atoms with Gasteiger partial charge in [-0.1, -0.05) is 13.8 Å². The fraction of sp³-hybridized carbons (Fsp3) is 0.923. The average molecular weight is 226 g/mol. The third-order valence-corrected chi connectivity index (χ3v) is 3.40. The Hall–Kier alpha value is -0.570. The summed E-state index contributed by atoms with van der Waals surface area (Å²) in [7, 11) is 0. The van der Waals surface area contributed by atoms with E-state index < -0.39 is 0 Å². The van der Waals surface area contributed by atoms with Gasteiger partial charge in [0.05, 0.1) is 0 Å². The molecule has 0 aliphatic carbocycles. The van der Waals surface area contributed by atoms with E-state index in [1.165, 1.54) is 19.3 Å². The van der Waals surface area contributed by atoms with Gasteiger partial charge in [-0.25, -0.2) is 0 Å². The molecule has 0 saturated carbocycles. The normalized spacial score (nSPS) is 23.9. The van der Waals surface area contributed by atoms with E-state index in [-0.39, 0.29) is 0 Å². The Balaban J connectivity index is 2.35.